The molecule has 1 atom stereocenters. The second-order valence-corrected chi connectivity index (χ2v) is 9.70. The predicted molar refractivity (Wildman–Crippen MR) is 124 cm³/mol. The van der Waals surface area contributed by atoms with Crippen LogP contribution in [0.15, 0.2) is 36.4 Å². The minimum atomic E-state index is -4.75. The van der Waals surface area contributed by atoms with Crippen molar-refractivity contribution in [1.29, 1.82) is 5.26 Å². The standard InChI is InChI=1S/C24H21F3N4O2S/c1-23(2,3)21(33)29-16-6-4-13-9-19-20(32)31(22(34)30(19)12-15(13)8-16)17-7-5-14(11-28)18(10-17)24(25,26)27/h4-8,10,19H,9,12H2,1-3H3,(H,29,33). The molecule has 10 heteroatoms. The summed E-state index contributed by atoms with van der Waals surface area (Å²) < 4.78 is 40.3. The van der Waals surface area contributed by atoms with Crippen molar-refractivity contribution < 1.29 is 22.8 Å². The van der Waals surface area contributed by atoms with Crippen LogP contribution in [0.3, 0.4) is 0 Å². The van der Waals surface area contributed by atoms with Gasteiger partial charge < -0.3 is 10.2 Å². The summed E-state index contributed by atoms with van der Waals surface area (Å²) in [5, 5.41) is 12.0. The van der Waals surface area contributed by atoms with E-state index in [4.69, 9.17) is 17.5 Å². The third-order valence-electron chi connectivity index (χ3n) is 5.91. The highest BCUT2D eigenvalue weighted by Gasteiger charge is 2.46. The molecule has 4 rings (SSSR count). The molecule has 0 radical (unpaired) electrons. The highest BCUT2D eigenvalue weighted by atomic mass is 32.1. The van der Waals surface area contributed by atoms with Crippen LogP contribution in [-0.4, -0.2) is 27.9 Å². The number of nitrogens with zero attached hydrogens (tertiary/aromatic N) is 3. The fourth-order valence-corrected chi connectivity index (χ4v) is 4.40. The number of hydrogen-bond donors (Lipinski definition) is 1. The van der Waals surface area contributed by atoms with Gasteiger partial charge in [-0.1, -0.05) is 26.8 Å². The van der Waals surface area contributed by atoms with Gasteiger partial charge in [0.1, 0.15) is 6.04 Å². The number of carbonyl (C=O) groups excluding carboxylic acids is 2. The number of nitrogens with one attached hydrogen (secondary N) is 1. The lowest BCUT2D eigenvalue weighted by molar-refractivity contribution is -0.137. The van der Waals surface area contributed by atoms with E-state index in [0.717, 1.165) is 28.2 Å². The summed E-state index contributed by atoms with van der Waals surface area (Å²) in [5.41, 5.74) is 0.157. The molecule has 1 saturated heterocycles. The Kier molecular flexibility index (Phi) is 5.64. The van der Waals surface area contributed by atoms with Gasteiger partial charge in [0.15, 0.2) is 5.11 Å². The van der Waals surface area contributed by atoms with Crippen LogP contribution >= 0.6 is 12.2 Å². The van der Waals surface area contributed by atoms with E-state index in [1.807, 2.05) is 32.9 Å². The molecule has 34 heavy (non-hydrogen) atoms. The molecular weight excluding hydrogens is 465 g/mol. The zero-order valence-corrected chi connectivity index (χ0v) is 19.5. The quantitative estimate of drug-likeness (QED) is 0.627. The maximum absolute atomic E-state index is 13.4. The summed E-state index contributed by atoms with van der Waals surface area (Å²) in [6.07, 6.45) is -4.41. The number of fused-ring (bicyclic) bond motifs is 2. The highest BCUT2D eigenvalue weighted by Crippen LogP contribution is 2.38. The van der Waals surface area contributed by atoms with Crippen molar-refractivity contribution >= 4 is 40.5 Å². The van der Waals surface area contributed by atoms with E-state index in [-0.39, 0.29) is 23.3 Å². The molecule has 2 heterocycles. The van der Waals surface area contributed by atoms with Crippen LogP contribution in [-0.2, 0) is 28.7 Å². The number of hydrogen-bond acceptors (Lipinski definition) is 4. The van der Waals surface area contributed by atoms with E-state index < -0.39 is 34.7 Å². The Labute approximate surface area is 199 Å². The summed E-state index contributed by atoms with van der Waals surface area (Å²) in [5.74, 6) is -0.556. The molecule has 2 aliphatic rings. The summed E-state index contributed by atoms with van der Waals surface area (Å²) in [6, 6.07) is 9.46. The first-order chi connectivity index (χ1) is 15.8. The Balaban J connectivity index is 1.63. The lowest BCUT2D eigenvalue weighted by Crippen LogP contribution is -2.40. The summed E-state index contributed by atoms with van der Waals surface area (Å²) >= 11 is 5.49. The molecule has 1 N–H and O–H groups in total. The monoisotopic (exact) mass is 486 g/mol. The Morgan fingerprint density at radius 1 is 1.15 bits per heavy atom. The predicted octanol–water partition coefficient (Wildman–Crippen LogP) is 4.62. The SMILES string of the molecule is CC(C)(C)C(=O)Nc1ccc2c(c1)CN1C(=S)N(c3ccc(C#N)c(C(F)(F)F)c3)C(=O)C1C2. The molecule has 1 fully saturated rings. The van der Waals surface area contributed by atoms with Crippen LogP contribution in [0.4, 0.5) is 24.5 Å². The number of alkyl halides is 3. The molecule has 2 aromatic rings. The number of rotatable bonds is 2. The van der Waals surface area contributed by atoms with Crippen LogP contribution in [0.5, 0.6) is 0 Å². The van der Waals surface area contributed by atoms with Crippen LogP contribution in [0, 0.1) is 16.7 Å². The van der Waals surface area contributed by atoms with Gasteiger partial charge in [-0.05, 0) is 53.7 Å². The topological polar surface area (TPSA) is 76.4 Å². The van der Waals surface area contributed by atoms with Crippen molar-refractivity contribution in [2.75, 3.05) is 10.2 Å². The number of benzene rings is 2. The van der Waals surface area contributed by atoms with E-state index in [1.54, 1.807) is 11.0 Å². The highest BCUT2D eigenvalue weighted by molar-refractivity contribution is 7.80. The Morgan fingerprint density at radius 2 is 1.85 bits per heavy atom. The Bertz CT molecular complexity index is 1260. The molecule has 0 aliphatic carbocycles. The molecule has 2 aromatic carbocycles. The lowest BCUT2D eigenvalue weighted by atomic mass is 9.93. The molecule has 2 aliphatic heterocycles. The number of carbonyl (C=O) groups is 2. The van der Waals surface area contributed by atoms with Gasteiger partial charge in [0, 0.05) is 24.1 Å². The van der Waals surface area contributed by atoms with Gasteiger partial charge in [0.25, 0.3) is 5.91 Å². The number of nitriles is 1. The fraction of sp³-hybridized carbons (Fsp3) is 0.333. The Morgan fingerprint density at radius 3 is 2.47 bits per heavy atom. The third-order valence-corrected chi connectivity index (χ3v) is 6.32. The molecule has 2 amide bonds. The zero-order valence-electron chi connectivity index (χ0n) is 18.7. The van der Waals surface area contributed by atoms with Gasteiger partial charge >= 0.3 is 6.18 Å². The van der Waals surface area contributed by atoms with Crippen molar-refractivity contribution in [2.24, 2.45) is 5.41 Å². The van der Waals surface area contributed by atoms with Gasteiger partial charge in [-0.15, -0.1) is 0 Å². The van der Waals surface area contributed by atoms with Crippen LogP contribution in [0.25, 0.3) is 0 Å². The second kappa shape index (κ2) is 8.09. The van der Waals surface area contributed by atoms with Gasteiger partial charge in [-0.2, -0.15) is 18.4 Å². The first kappa shape index (κ1) is 23.7. The van der Waals surface area contributed by atoms with E-state index in [0.29, 0.717) is 12.1 Å². The summed E-state index contributed by atoms with van der Waals surface area (Å²) in [4.78, 5) is 28.3. The number of thiocarbonyl (C=S) groups is 1. The lowest BCUT2D eigenvalue weighted by Gasteiger charge is -2.30. The number of halogens is 3. The smallest absolute Gasteiger partial charge is 0.332 e. The number of anilines is 2. The van der Waals surface area contributed by atoms with E-state index >= 15 is 0 Å². The maximum atomic E-state index is 13.4. The molecular formula is C24H21F3N4O2S. The van der Waals surface area contributed by atoms with E-state index in [2.05, 4.69) is 5.32 Å². The van der Waals surface area contributed by atoms with Crippen LogP contribution in [0.2, 0.25) is 0 Å². The normalized spacial score (nSPS) is 17.9. The molecule has 0 bridgehead atoms. The second-order valence-electron chi connectivity index (χ2n) is 9.33. The van der Waals surface area contributed by atoms with Crippen molar-refractivity contribution in [3.8, 4) is 6.07 Å². The first-order valence-corrected chi connectivity index (χ1v) is 10.9. The van der Waals surface area contributed by atoms with Gasteiger partial charge in [0.05, 0.1) is 22.9 Å². The van der Waals surface area contributed by atoms with Crippen LogP contribution < -0.4 is 10.2 Å². The molecule has 0 spiro atoms. The van der Waals surface area contributed by atoms with Crippen molar-refractivity contribution in [1.82, 2.24) is 4.90 Å². The average Bonchev–Trinajstić information content (AvgIpc) is 3.00. The van der Waals surface area contributed by atoms with Gasteiger partial charge in [0.2, 0.25) is 5.91 Å². The minimum Gasteiger partial charge on any atom is -0.332 e. The molecule has 176 valence electrons. The largest absolute Gasteiger partial charge is 0.417 e. The van der Waals surface area contributed by atoms with Gasteiger partial charge in [-0.25, -0.2) is 0 Å². The van der Waals surface area contributed by atoms with Gasteiger partial charge in [-0.3, -0.25) is 14.5 Å². The van der Waals surface area contributed by atoms with Crippen LogP contribution in [0.1, 0.15) is 43.0 Å². The number of amides is 2. The fourth-order valence-electron chi connectivity index (χ4n) is 4.02. The molecule has 0 aromatic heterocycles. The van der Waals surface area contributed by atoms with Crippen molar-refractivity contribution in [3.63, 3.8) is 0 Å². The van der Waals surface area contributed by atoms with E-state index in [9.17, 15) is 22.8 Å². The molecule has 0 saturated carbocycles. The van der Waals surface area contributed by atoms with E-state index in [1.165, 1.54) is 12.1 Å². The summed E-state index contributed by atoms with van der Waals surface area (Å²) in [6.45, 7) is 5.70. The summed E-state index contributed by atoms with van der Waals surface area (Å²) in [7, 11) is 0. The Hall–Kier alpha value is -3.45. The van der Waals surface area contributed by atoms with Crippen molar-refractivity contribution in [2.45, 2.75) is 46.0 Å². The zero-order chi connectivity index (χ0) is 25.0. The maximum Gasteiger partial charge on any atom is 0.417 e. The first-order valence-electron chi connectivity index (χ1n) is 10.5. The average molecular weight is 487 g/mol. The molecule has 6 nitrogen and oxygen atoms in total. The minimum absolute atomic E-state index is 0.0297. The third kappa shape index (κ3) is 4.12. The van der Waals surface area contributed by atoms with Crippen molar-refractivity contribution in [3.05, 3.63) is 58.7 Å². The molecule has 1 unspecified atom stereocenters.